The van der Waals surface area contributed by atoms with Gasteiger partial charge >= 0.3 is 0 Å². The molecule has 13 heavy (non-hydrogen) atoms. The standard InChI is InChI=1S/C9H22N2O2/c1-12-8-9(13-2)7-11-6-4-3-5-10/h9,11H,3-8,10H2,1-2H3. The minimum absolute atomic E-state index is 0.155. The zero-order chi connectivity index (χ0) is 9.94. The topological polar surface area (TPSA) is 56.5 Å². The molecule has 80 valence electrons. The Morgan fingerprint density at radius 2 is 2.08 bits per heavy atom. The highest BCUT2D eigenvalue weighted by Crippen LogP contribution is 1.89. The summed E-state index contributed by atoms with van der Waals surface area (Å²) in [6, 6.07) is 0. The second-order valence-electron chi connectivity index (χ2n) is 3.01. The highest BCUT2D eigenvalue weighted by Gasteiger charge is 2.04. The van der Waals surface area contributed by atoms with E-state index in [2.05, 4.69) is 5.32 Å². The molecule has 1 unspecified atom stereocenters. The van der Waals surface area contributed by atoms with Crippen LogP contribution in [-0.2, 0) is 9.47 Å². The van der Waals surface area contributed by atoms with Gasteiger partial charge in [0.2, 0.25) is 0 Å². The average Bonchev–Trinajstić information content (AvgIpc) is 2.16. The Kier molecular flexibility index (Phi) is 9.80. The molecule has 0 bridgehead atoms. The van der Waals surface area contributed by atoms with Gasteiger partial charge in [-0.05, 0) is 25.9 Å². The monoisotopic (exact) mass is 190 g/mol. The Labute approximate surface area is 80.8 Å². The lowest BCUT2D eigenvalue weighted by atomic mass is 10.3. The first-order valence-corrected chi connectivity index (χ1v) is 4.77. The van der Waals surface area contributed by atoms with Gasteiger partial charge in [-0.15, -0.1) is 0 Å². The van der Waals surface area contributed by atoms with Crippen molar-refractivity contribution in [3.05, 3.63) is 0 Å². The first-order valence-electron chi connectivity index (χ1n) is 4.77. The number of ether oxygens (including phenoxy) is 2. The molecule has 0 aromatic carbocycles. The van der Waals surface area contributed by atoms with E-state index in [0.29, 0.717) is 6.61 Å². The van der Waals surface area contributed by atoms with Crippen LogP contribution in [0.25, 0.3) is 0 Å². The van der Waals surface area contributed by atoms with E-state index in [1.807, 2.05) is 0 Å². The second-order valence-corrected chi connectivity index (χ2v) is 3.01. The zero-order valence-corrected chi connectivity index (χ0v) is 8.71. The van der Waals surface area contributed by atoms with Gasteiger partial charge in [-0.1, -0.05) is 0 Å². The summed E-state index contributed by atoms with van der Waals surface area (Å²) in [5.41, 5.74) is 5.37. The molecular formula is C9H22N2O2. The lowest BCUT2D eigenvalue weighted by Gasteiger charge is -2.14. The number of unbranched alkanes of at least 4 members (excludes halogenated alkanes) is 1. The largest absolute Gasteiger partial charge is 0.382 e. The molecule has 0 saturated heterocycles. The van der Waals surface area contributed by atoms with Crippen molar-refractivity contribution in [1.82, 2.24) is 5.32 Å². The molecule has 0 aromatic heterocycles. The summed E-state index contributed by atoms with van der Waals surface area (Å²) in [7, 11) is 3.38. The third kappa shape index (κ3) is 8.18. The molecule has 0 saturated carbocycles. The molecule has 0 aromatic rings. The van der Waals surface area contributed by atoms with Crippen LogP contribution < -0.4 is 11.1 Å². The van der Waals surface area contributed by atoms with Gasteiger partial charge in [0.25, 0.3) is 0 Å². The third-order valence-corrected chi connectivity index (χ3v) is 1.87. The minimum Gasteiger partial charge on any atom is -0.382 e. The predicted molar refractivity (Wildman–Crippen MR) is 53.8 cm³/mol. The van der Waals surface area contributed by atoms with Crippen molar-refractivity contribution in [2.75, 3.05) is 40.5 Å². The van der Waals surface area contributed by atoms with Gasteiger partial charge in [0.15, 0.2) is 0 Å². The number of rotatable bonds is 9. The normalized spacial score (nSPS) is 13.2. The predicted octanol–water partition coefficient (Wildman–Crippen LogP) is -0.0237. The van der Waals surface area contributed by atoms with E-state index in [0.717, 1.165) is 32.5 Å². The summed E-state index contributed by atoms with van der Waals surface area (Å²) >= 11 is 0. The van der Waals surface area contributed by atoms with E-state index in [9.17, 15) is 0 Å². The van der Waals surface area contributed by atoms with Crippen LogP contribution in [-0.4, -0.2) is 46.6 Å². The van der Waals surface area contributed by atoms with Crippen LogP contribution in [0.5, 0.6) is 0 Å². The van der Waals surface area contributed by atoms with Crippen molar-refractivity contribution >= 4 is 0 Å². The van der Waals surface area contributed by atoms with Gasteiger partial charge in [0.05, 0.1) is 12.7 Å². The Morgan fingerprint density at radius 3 is 2.62 bits per heavy atom. The van der Waals surface area contributed by atoms with Crippen molar-refractivity contribution in [2.24, 2.45) is 5.73 Å². The lowest BCUT2D eigenvalue weighted by molar-refractivity contribution is 0.0290. The van der Waals surface area contributed by atoms with Gasteiger partial charge in [-0.2, -0.15) is 0 Å². The Hall–Kier alpha value is -0.160. The van der Waals surface area contributed by atoms with Crippen molar-refractivity contribution in [3.8, 4) is 0 Å². The molecule has 4 nitrogen and oxygen atoms in total. The first kappa shape index (κ1) is 12.8. The van der Waals surface area contributed by atoms with Gasteiger partial charge < -0.3 is 20.5 Å². The number of hydrogen-bond donors (Lipinski definition) is 2. The summed E-state index contributed by atoms with van der Waals surface area (Å²) in [6.07, 6.45) is 2.36. The molecular weight excluding hydrogens is 168 g/mol. The molecule has 0 aliphatic carbocycles. The van der Waals surface area contributed by atoms with Crippen LogP contribution >= 0.6 is 0 Å². The molecule has 0 aliphatic rings. The molecule has 0 radical (unpaired) electrons. The molecule has 0 amide bonds. The molecule has 0 fully saturated rings. The van der Waals surface area contributed by atoms with Crippen molar-refractivity contribution in [2.45, 2.75) is 18.9 Å². The van der Waals surface area contributed by atoms with E-state index < -0.39 is 0 Å². The van der Waals surface area contributed by atoms with Crippen molar-refractivity contribution < 1.29 is 9.47 Å². The third-order valence-electron chi connectivity index (χ3n) is 1.87. The van der Waals surface area contributed by atoms with Gasteiger partial charge in [0, 0.05) is 20.8 Å². The van der Waals surface area contributed by atoms with Crippen molar-refractivity contribution in [1.29, 1.82) is 0 Å². The van der Waals surface area contributed by atoms with Crippen LogP contribution in [0.2, 0.25) is 0 Å². The average molecular weight is 190 g/mol. The van der Waals surface area contributed by atoms with Gasteiger partial charge in [-0.3, -0.25) is 0 Å². The Bertz CT molecular complexity index is 102. The fourth-order valence-electron chi connectivity index (χ4n) is 1.05. The molecule has 0 aliphatic heterocycles. The van der Waals surface area contributed by atoms with E-state index in [1.54, 1.807) is 14.2 Å². The smallest absolute Gasteiger partial charge is 0.0928 e. The van der Waals surface area contributed by atoms with E-state index in [4.69, 9.17) is 15.2 Å². The fraction of sp³-hybridized carbons (Fsp3) is 1.00. The Morgan fingerprint density at radius 1 is 1.31 bits per heavy atom. The van der Waals surface area contributed by atoms with Gasteiger partial charge in [0.1, 0.15) is 0 Å². The van der Waals surface area contributed by atoms with E-state index in [-0.39, 0.29) is 6.10 Å². The van der Waals surface area contributed by atoms with Crippen LogP contribution in [0.4, 0.5) is 0 Å². The quantitative estimate of drug-likeness (QED) is 0.502. The van der Waals surface area contributed by atoms with Gasteiger partial charge in [-0.25, -0.2) is 0 Å². The highest BCUT2D eigenvalue weighted by atomic mass is 16.5. The molecule has 0 spiro atoms. The maximum absolute atomic E-state index is 5.37. The summed E-state index contributed by atoms with van der Waals surface area (Å²) in [5, 5.41) is 3.30. The van der Waals surface area contributed by atoms with E-state index >= 15 is 0 Å². The summed E-state index contributed by atoms with van der Waals surface area (Å²) < 4.78 is 10.2. The number of nitrogens with one attached hydrogen (secondary N) is 1. The molecule has 3 N–H and O–H groups in total. The number of methoxy groups -OCH3 is 2. The minimum atomic E-state index is 0.155. The highest BCUT2D eigenvalue weighted by molar-refractivity contribution is 4.60. The van der Waals surface area contributed by atoms with Crippen LogP contribution in [0.15, 0.2) is 0 Å². The van der Waals surface area contributed by atoms with Crippen molar-refractivity contribution in [3.63, 3.8) is 0 Å². The Balaban J connectivity index is 3.17. The van der Waals surface area contributed by atoms with Crippen LogP contribution in [0.1, 0.15) is 12.8 Å². The molecule has 0 rings (SSSR count). The zero-order valence-electron chi connectivity index (χ0n) is 8.71. The first-order chi connectivity index (χ1) is 6.35. The molecule has 4 heteroatoms. The SMILES string of the molecule is COCC(CNCCCCN)OC. The summed E-state index contributed by atoms with van der Waals surface area (Å²) in [5.74, 6) is 0. The number of hydrogen-bond acceptors (Lipinski definition) is 4. The van der Waals surface area contributed by atoms with E-state index in [1.165, 1.54) is 0 Å². The fourth-order valence-corrected chi connectivity index (χ4v) is 1.05. The van der Waals surface area contributed by atoms with Crippen LogP contribution in [0.3, 0.4) is 0 Å². The van der Waals surface area contributed by atoms with Crippen LogP contribution in [0, 0.1) is 0 Å². The molecule has 0 heterocycles. The summed E-state index contributed by atoms with van der Waals surface area (Å²) in [6.45, 7) is 3.25. The lowest BCUT2D eigenvalue weighted by Crippen LogP contribution is -2.32. The molecule has 1 atom stereocenters. The maximum Gasteiger partial charge on any atom is 0.0928 e. The summed E-state index contributed by atoms with van der Waals surface area (Å²) in [4.78, 5) is 0. The number of nitrogens with two attached hydrogens (primary N) is 1. The maximum atomic E-state index is 5.37. The second kappa shape index (κ2) is 9.92.